The summed E-state index contributed by atoms with van der Waals surface area (Å²) in [5.41, 5.74) is -0.544. The average Bonchev–Trinajstić information content (AvgIpc) is 2.47. The van der Waals surface area contributed by atoms with Crippen molar-refractivity contribution in [1.29, 1.82) is 0 Å². The van der Waals surface area contributed by atoms with Gasteiger partial charge < -0.3 is 9.47 Å². The minimum Gasteiger partial charge on any atom is -0.465 e. The molecule has 0 aliphatic carbocycles. The molecule has 24 heavy (non-hydrogen) atoms. The third-order valence-electron chi connectivity index (χ3n) is 2.79. The Balaban J connectivity index is 4.44. The van der Waals surface area contributed by atoms with E-state index < -0.39 is 17.7 Å². The summed E-state index contributed by atoms with van der Waals surface area (Å²) >= 11 is 3.61. The number of thioether (sulfide) groups is 2. The number of rotatable bonds is 12. The van der Waals surface area contributed by atoms with Gasteiger partial charge in [-0.1, -0.05) is 6.92 Å². The van der Waals surface area contributed by atoms with Crippen LogP contribution in [0.15, 0.2) is 0 Å². The summed E-state index contributed by atoms with van der Waals surface area (Å²) in [6, 6.07) is -1.07. The molecule has 2 atom stereocenters. The van der Waals surface area contributed by atoms with Crippen LogP contribution in [0.1, 0.15) is 48.0 Å². The van der Waals surface area contributed by atoms with Crippen molar-refractivity contribution >= 4 is 35.5 Å². The molecule has 0 saturated heterocycles. The molecule has 0 heterocycles. The average molecular weight is 380 g/mol. The van der Waals surface area contributed by atoms with Crippen molar-refractivity contribution in [2.75, 3.05) is 29.6 Å². The molecule has 0 radical (unpaired) electrons. The van der Waals surface area contributed by atoms with Gasteiger partial charge in [0.15, 0.2) is 0 Å². The maximum absolute atomic E-state index is 12.1. The fourth-order valence-corrected chi connectivity index (χ4v) is 3.82. The topological polar surface area (TPSA) is 64.6 Å². The lowest BCUT2D eigenvalue weighted by molar-refractivity contribution is -0.157. The van der Waals surface area contributed by atoms with Gasteiger partial charge in [-0.2, -0.15) is 23.5 Å². The second-order valence-corrected chi connectivity index (χ2v) is 8.79. The smallest absolute Gasteiger partial charge is 0.324 e. The van der Waals surface area contributed by atoms with E-state index in [0.717, 1.165) is 17.3 Å². The van der Waals surface area contributed by atoms with Crippen molar-refractivity contribution in [3.8, 4) is 0 Å². The standard InChI is InChI=1S/C17H33NO4S2/c1-7-9-23-10-11-24-12-14(16(20)21-8-2)18-13(3)15(19)22-17(4,5)6/h13-14,18H,7-12H2,1-6H3/t13-,14-/m0/s1. The number of nitrogens with one attached hydrogen (secondary N) is 1. The van der Waals surface area contributed by atoms with Crippen molar-refractivity contribution < 1.29 is 19.1 Å². The van der Waals surface area contributed by atoms with Gasteiger partial charge in [0, 0.05) is 17.3 Å². The highest BCUT2D eigenvalue weighted by atomic mass is 32.2. The summed E-state index contributed by atoms with van der Waals surface area (Å²) in [7, 11) is 0. The molecule has 0 aromatic carbocycles. The van der Waals surface area contributed by atoms with Gasteiger partial charge >= 0.3 is 11.9 Å². The van der Waals surface area contributed by atoms with Crippen LogP contribution in [0.5, 0.6) is 0 Å². The molecule has 0 fully saturated rings. The van der Waals surface area contributed by atoms with E-state index in [9.17, 15) is 9.59 Å². The van der Waals surface area contributed by atoms with Crippen LogP contribution in [-0.4, -0.2) is 59.2 Å². The molecule has 0 spiro atoms. The number of carbonyl (C=O) groups is 2. The van der Waals surface area contributed by atoms with Crippen LogP contribution >= 0.6 is 23.5 Å². The first kappa shape index (κ1) is 23.6. The van der Waals surface area contributed by atoms with Crippen molar-refractivity contribution in [2.24, 2.45) is 0 Å². The maximum Gasteiger partial charge on any atom is 0.324 e. The molecule has 0 aromatic heterocycles. The van der Waals surface area contributed by atoms with Crippen LogP contribution < -0.4 is 5.32 Å². The molecule has 0 aliphatic rings. The van der Waals surface area contributed by atoms with Gasteiger partial charge in [0.2, 0.25) is 0 Å². The summed E-state index contributed by atoms with van der Waals surface area (Å²) in [4.78, 5) is 24.2. The molecular weight excluding hydrogens is 346 g/mol. The monoisotopic (exact) mass is 379 g/mol. The molecule has 142 valence electrons. The van der Waals surface area contributed by atoms with Gasteiger partial charge in [0.1, 0.15) is 17.7 Å². The quantitative estimate of drug-likeness (QED) is 0.413. The van der Waals surface area contributed by atoms with Gasteiger partial charge in [-0.15, -0.1) is 0 Å². The van der Waals surface area contributed by atoms with Crippen LogP contribution in [0.2, 0.25) is 0 Å². The highest BCUT2D eigenvalue weighted by Crippen LogP contribution is 2.12. The summed E-state index contributed by atoms with van der Waals surface area (Å²) in [5, 5.41) is 3.05. The molecule has 0 saturated carbocycles. The SMILES string of the molecule is CCCSCCSC[C@H](N[C@@H](C)C(=O)OC(C)(C)C)C(=O)OCC. The molecule has 0 bridgehead atoms. The van der Waals surface area contributed by atoms with Gasteiger partial charge in [0.25, 0.3) is 0 Å². The predicted molar refractivity (Wildman–Crippen MR) is 104 cm³/mol. The first-order chi connectivity index (χ1) is 11.2. The Morgan fingerprint density at radius 3 is 2.21 bits per heavy atom. The number of hydrogen-bond donors (Lipinski definition) is 1. The van der Waals surface area contributed by atoms with E-state index in [1.165, 1.54) is 6.42 Å². The first-order valence-corrected chi connectivity index (χ1v) is 10.8. The third kappa shape index (κ3) is 12.0. The fourth-order valence-electron chi connectivity index (χ4n) is 1.75. The third-order valence-corrected chi connectivity index (χ3v) is 5.30. The molecule has 7 heteroatoms. The Hall–Kier alpha value is -0.400. The van der Waals surface area contributed by atoms with E-state index in [2.05, 4.69) is 12.2 Å². The minimum absolute atomic E-state index is 0.318. The number of carbonyl (C=O) groups excluding carboxylic acids is 2. The Kier molecular flexibility index (Phi) is 12.7. The van der Waals surface area contributed by atoms with E-state index in [1.807, 2.05) is 32.5 Å². The second-order valence-electron chi connectivity index (χ2n) is 6.41. The fraction of sp³-hybridized carbons (Fsp3) is 0.882. The van der Waals surface area contributed by atoms with Crippen molar-refractivity contribution in [3.05, 3.63) is 0 Å². The Morgan fingerprint density at radius 2 is 1.67 bits per heavy atom. The first-order valence-electron chi connectivity index (χ1n) is 8.52. The van der Waals surface area contributed by atoms with E-state index in [1.54, 1.807) is 25.6 Å². The molecule has 1 N–H and O–H groups in total. The summed E-state index contributed by atoms with van der Waals surface area (Å²) in [6.07, 6.45) is 1.18. The lowest BCUT2D eigenvalue weighted by Gasteiger charge is -2.25. The van der Waals surface area contributed by atoms with Crippen LogP contribution in [0.25, 0.3) is 0 Å². The Labute approximate surface area is 155 Å². The molecule has 0 amide bonds. The Bertz CT molecular complexity index is 372. The number of esters is 2. The van der Waals surface area contributed by atoms with E-state index in [-0.39, 0.29) is 11.9 Å². The van der Waals surface area contributed by atoms with Crippen LogP contribution in [0, 0.1) is 0 Å². The highest BCUT2D eigenvalue weighted by molar-refractivity contribution is 8.02. The zero-order chi connectivity index (χ0) is 18.6. The molecule has 0 aliphatic heterocycles. The zero-order valence-electron chi connectivity index (χ0n) is 15.8. The van der Waals surface area contributed by atoms with E-state index in [4.69, 9.17) is 9.47 Å². The van der Waals surface area contributed by atoms with Crippen molar-refractivity contribution in [2.45, 2.75) is 65.6 Å². The Morgan fingerprint density at radius 1 is 1.04 bits per heavy atom. The number of ether oxygens (including phenoxy) is 2. The largest absolute Gasteiger partial charge is 0.465 e. The zero-order valence-corrected chi connectivity index (χ0v) is 17.5. The predicted octanol–water partition coefficient (Wildman–Crippen LogP) is 3.11. The minimum atomic E-state index is -0.561. The van der Waals surface area contributed by atoms with Crippen molar-refractivity contribution in [3.63, 3.8) is 0 Å². The highest BCUT2D eigenvalue weighted by Gasteiger charge is 2.27. The summed E-state index contributed by atoms with van der Waals surface area (Å²) in [6.45, 7) is 11.5. The number of hydrogen-bond acceptors (Lipinski definition) is 7. The van der Waals surface area contributed by atoms with Crippen molar-refractivity contribution in [1.82, 2.24) is 5.32 Å². The molecule has 0 rings (SSSR count). The van der Waals surface area contributed by atoms with Gasteiger partial charge in [-0.25, -0.2) is 0 Å². The van der Waals surface area contributed by atoms with Gasteiger partial charge in [0.05, 0.1) is 6.61 Å². The molecular formula is C17H33NO4S2. The second kappa shape index (κ2) is 12.9. The molecule has 5 nitrogen and oxygen atoms in total. The normalized spacial score (nSPS) is 14.1. The molecule has 0 unspecified atom stereocenters. The summed E-state index contributed by atoms with van der Waals surface area (Å²) in [5.74, 6) is 3.11. The van der Waals surface area contributed by atoms with E-state index >= 15 is 0 Å². The lowest BCUT2D eigenvalue weighted by Crippen LogP contribution is -2.49. The maximum atomic E-state index is 12.1. The lowest BCUT2D eigenvalue weighted by atomic mass is 10.2. The summed E-state index contributed by atoms with van der Waals surface area (Å²) < 4.78 is 10.5. The van der Waals surface area contributed by atoms with E-state index in [0.29, 0.717) is 12.4 Å². The van der Waals surface area contributed by atoms with Crippen LogP contribution in [0.4, 0.5) is 0 Å². The van der Waals surface area contributed by atoms with Gasteiger partial charge in [-0.05, 0) is 46.8 Å². The molecule has 0 aromatic rings. The van der Waals surface area contributed by atoms with Crippen LogP contribution in [0.3, 0.4) is 0 Å². The van der Waals surface area contributed by atoms with Crippen LogP contribution in [-0.2, 0) is 19.1 Å². The van der Waals surface area contributed by atoms with Gasteiger partial charge in [-0.3, -0.25) is 14.9 Å².